The van der Waals surface area contributed by atoms with Gasteiger partial charge in [-0.2, -0.15) is 8.42 Å². The minimum atomic E-state index is -3.85. The Morgan fingerprint density at radius 2 is 2.06 bits per heavy atom. The second-order valence-corrected chi connectivity index (χ2v) is 7.45. The van der Waals surface area contributed by atoms with Gasteiger partial charge in [0.2, 0.25) is 0 Å². The van der Waals surface area contributed by atoms with Gasteiger partial charge in [0.1, 0.15) is 5.25 Å². The van der Waals surface area contributed by atoms with Crippen molar-refractivity contribution in [3.05, 3.63) is 21.1 Å². The molecule has 0 aromatic rings. The van der Waals surface area contributed by atoms with Gasteiger partial charge in [0.15, 0.2) is 0 Å². The molecule has 17 heavy (non-hydrogen) atoms. The Bertz CT molecular complexity index is 426. The molecule has 0 spiro atoms. The number of carbonyl (C=O) groups excluding carboxylic acids is 1. The van der Waals surface area contributed by atoms with Crippen molar-refractivity contribution in [3.63, 3.8) is 0 Å². The first-order valence-electron chi connectivity index (χ1n) is 5.12. The molecule has 0 fully saturated rings. The molecule has 96 valence electrons. The Labute approximate surface area is 110 Å². The molecular weight excluding hydrogens is 280 g/mol. The molecule has 0 aliphatic carbocycles. The average Bonchev–Trinajstić information content (AvgIpc) is 2.69. The van der Waals surface area contributed by atoms with Crippen molar-refractivity contribution in [3.8, 4) is 0 Å². The van der Waals surface area contributed by atoms with E-state index >= 15 is 0 Å². The first-order chi connectivity index (χ1) is 7.95. The van der Waals surface area contributed by atoms with Gasteiger partial charge in [0.25, 0.3) is 0 Å². The summed E-state index contributed by atoms with van der Waals surface area (Å²) in [6.07, 6.45) is 2.27. The minimum absolute atomic E-state index is 0.119. The highest BCUT2D eigenvalue weighted by atomic mass is 32.2. The fourth-order valence-corrected chi connectivity index (χ4v) is 3.83. The summed E-state index contributed by atoms with van der Waals surface area (Å²) in [6, 6.07) is 0. The van der Waals surface area contributed by atoms with E-state index in [2.05, 4.69) is 4.18 Å². The van der Waals surface area contributed by atoms with Crippen LogP contribution >= 0.6 is 23.5 Å². The Morgan fingerprint density at radius 1 is 1.47 bits per heavy atom. The highest BCUT2D eigenvalue weighted by Crippen LogP contribution is 2.38. The van der Waals surface area contributed by atoms with Gasteiger partial charge in [-0.3, -0.25) is 4.79 Å². The third-order valence-corrected chi connectivity index (χ3v) is 5.41. The van der Waals surface area contributed by atoms with E-state index in [9.17, 15) is 13.2 Å². The standard InChI is InChI=1S/C10H14O4S3/c1-3-4-9(11)14-17(12,13)8(2)7-10-15-5-6-16-10/h5-8H,3-4H2,1-2H3. The number of hydrogen-bond donors (Lipinski definition) is 0. The molecule has 1 aliphatic rings. The molecular formula is C10H14O4S3. The lowest BCUT2D eigenvalue weighted by Gasteiger charge is -2.09. The second-order valence-electron chi connectivity index (χ2n) is 3.40. The monoisotopic (exact) mass is 294 g/mol. The summed E-state index contributed by atoms with van der Waals surface area (Å²) in [4.78, 5) is 11.2. The van der Waals surface area contributed by atoms with Gasteiger partial charge in [-0.05, 0) is 30.2 Å². The fourth-order valence-electron chi connectivity index (χ4n) is 1.02. The Hall–Kier alpha value is -0.400. The van der Waals surface area contributed by atoms with E-state index in [0.29, 0.717) is 6.42 Å². The normalized spacial score (nSPS) is 16.9. The number of rotatable bonds is 5. The Morgan fingerprint density at radius 3 is 2.59 bits per heavy atom. The number of hydrogen-bond acceptors (Lipinski definition) is 6. The van der Waals surface area contributed by atoms with Crippen molar-refractivity contribution in [2.24, 2.45) is 0 Å². The number of thioether (sulfide) groups is 2. The van der Waals surface area contributed by atoms with Crippen LogP contribution in [0.5, 0.6) is 0 Å². The van der Waals surface area contributed by atoms with Gasteiger partial charge in [0, 0.05) is 10.7 Å². The molecule has 0 saturated carbocycles. The van der Waals surface area contributed by atoms with E-state index in [1.807, 2.05) is 10.8 Å². The van der Waals surface area contributed by atoms with Crippen LogP contribution in [0.3, 0.4) is 0 Å². The topological polar surface area (TPSA) is 60.4 Å². The smallest absolute Gasteiger partial charge is 0.322 e. The molecule has 0 amide bonds. The molecule has 0 aromatic heterocycles. The molecule has 1 atom stereocenters. The summed E-state index contributed by atoms with van der Waals surface area (Å²) in [5, 5.41) is 2.93. The highest BCUT2D eigenvalue weighted by molar-refractivity contribution is 8.27. The molecule has 0 saturated heterocycles. The van der Waals surface area contributed by atoms with Crippen LogP contribution in [0.25, 0.3) is 0 Å². The molecule has 4 nitrogen and oxygen atoms in total. The molecule has 1 rings (SSSR count). The van der Waals surface area contributed by atoms with Crippen molar-refractivity contribution < 1.29 is 17.4 Å². The maximum atomic E-state index is 11.7. The summed E-state index contributed by atoms with van der Waals surface area (Å²) < 4.78 is 28.7. The van der Waals surface area contributed by atoms with Gasteiger partial charge in [-0.25, -0.2) is 0 Å². The third kappa shape index (κ3) is 4.77. The maximum absolute atomic E-state index is 11.7. The number of carbonyl (C=O) groups is 1. The van der Waals surface area contributed by atoms with Crippen LogP contribution in [0.2, 0.25) is 0 Å². The molecule has 0 aromatic carbocycles. The predicted octanol–water partition coefficient (Wildman–Crippen LogP) is 2.84. The first-order valence-corrected chi connectivity index (χ1v) is 8.35. The Balaban J connectivity index is 2.63. The molecule has 0 bridgehead atoms. The zero-order valence-corrected chi connectivity index (χ0v) is 12.0. The summed E-state index contributed by atoms with van der Waals surface area (Å²) in [6.45, 7) is 3.29. The minimum Gasteiger partial charge on any atom is -0.345 e. The first kappa shape index (κ1) is 14.7. The van der Waals surface area contributed by atoms with Crippen molar-refractivity contribution >= 4 is 39.6 Å². The van der Waals surface area contributed by atoms with Crippen molar-refractivity contribution in [1.82, 2.24) is 0 Å². The largest absolute Gasteiger partial charge is 0.345 e. The van der Waals surface area contributed by atoms with E-state index in [1.165, 1.54) is 30.4 Å². The van der Waals surface area contributed by atoms with Crippen molar-refractivity contribution in [2.75, 3.05) is 0 Å². The highest BCUT2D eigenvalue weighted by Gasteiger charge is 2.24. The Kier molecular flexibility index (Phi) is 5.61. The molecule has 1 heterocycles. The van der Waals surface area contributed by atoms with Crippen LogP contribution < -0.4 is 0 Å². The van der Waals surface area contributed by atoms with Crippen LogP contribution in [0.15, 0.2) is 21.1 Å². The molecule has 1 unspecified atom stereocenters. The molecule has 7 heteroatoms. The van der Waals surface area contributed by atoms with E-state index in [4.69, 9.17) is 0 Å². The maximum Gasteiger partial charge on any atom is 0.322 e. The SMILES string of the molecule is CCCC(=O)OS(=O)(=O)C(C)C=C1SC=CS1. The van der Waals surface area contributed by atoms with E-state index in [1.54, 1.807) is 13.0 Å². The van der Waals surface area contributed by atoms with Gasteiger partial charge in [0.05, 0.1) is 0 Å². The fraction of sp³-hybridized carbons (Fsp3) is 0.500. The lowest BCUT2D eigenvalue weighted by atomic mass is 10.4. The van der Waals surface area contributed by atoms with E-state index in [-0.39, 0.29) is 6.42 Å². The second kappa shape index (κ2) is 6.51. The zero-order chi connectivity index (χ0) is 12.9. The molecule has 0 N–H and O–H groups in total. The lowest BCUT2D eigenvalue weighted by molar-refractivity contribution is -0.133. The van der Waals surface area contributed by atoms with Gasteiger partial charge >= 0.3 is 16.1 Å². The summed E-state index contributed by atoms with van der Waals surface area (Å²) in [5.74, 6) is -0.692. The van der Waals surface area contributed by atoms with E-state index < -0.39 is 21.3 Å². The van der Waals surface area contributed by atoms with Crippen LogP contribution in [0.1, 0.15) is 26.7 Å². The summed E-state index contributed by atoms with van der Waals surface area (Å²) >= 11 is 2.91. The van der Waals surface area contributed by atoms with Crippen molar-refractivity contribution in [2.45, 2.75) is 31.9 Å². The van der Waals surface area contributed by atoms with Crippen LogP contribution in [-0.2, 0) is 19.1 Å². The van der Waals surface area contributed by atoms with Gasteiger partial charge in [-0.15, -0.1) is 0 Å². The molecule has 1 aliphatic heterocycles. The summed E-state index contributed by atoms with van der Waals surface area (Å²) in [7, 11) is -3.85. The van der Waals surface area contributed by atoms with Gasteiger partial charge in [-0.1, -0.05) is 30.4 Å². The van der Waals surface area contributed by atoms with Crippen LogP contribution in [0, 0.1) is 0 Å². The van der Waals surface area contributed by atoms with E-state index in [0.717, 1.165) is 4.24 Å². The third-order valence-electron chi connectivity index (χ3n) is 1.91. The van der Waals surface area contributed by atoms with Gasteiger partial charge < -0.3 is 4.18 Å². The quantitative estimate of drug-likeness (QED) is 0.727. The average molecular weight is 294 g/mol. The zero-order valence-electron chi connectivity index (χ0n) is 9.58. The summed E-state index contributed by atoms with van der Waals surface area (Å²) in [5.41, 5.74) is 0. The van der Waals surface area contributed by atoms with Crippen LogP contribution in [0.4, 0.5) is 0 Å². The molecule has 0 radical (unpaired) electrons. The van der Waals surface area contributed by atoms with Crippen LogP contribution in [-0.4, -0.2) is 19.6 Å². The predicted molar refractivity (Wildman–Crippen MR) is 71.8 cm³/mol. The lowest BCUT2D eigenvalue weighted by Crippen LogP contribution is -2.22. The van der Waals surface area contributed by atoms with Crippen molar-refractivity contribution in [1.29, 1.82) is 0 Å².